The quantitative estimate of drug-likeness (QED) is 0.819. The minimum Gasteiger partial charge on any atom is -0.507 e. The lowest BCUT2D eigenvalue weighted by Crippen LogP contribution is -1.97. The molecular weight excluding hydrogens is 236 g/mol. The van der Waals surface area contributed by atoms with E-state index >= 15 is 0 Å². The summed E-state index contributed by atoms with van der Waals surface area (Å²) in [4.78, 5) is 0. The Balaban J connectivity index is 2.43. The van der Waals surface area contributed by atoms with Crippen LogP contribution in [0.4, 0.5) is 0 Å². The summed E-state index contributed by atoms with van der Waals surface area (Å²) in [6, 6.07) is 6.00. The van der Waals surface area contributed by atoms with Gasteiger partial charge in [-0.2, -0.15) is 5.10 Å². The number of aromatic nitrogens is 1. The number of hydrogen-bond acceptors (Lipinski definition) is 2. The molecule has 2 rings (SSSR count). The molecule has 0 unspecified atom stereocenters. The smallest absolute Gasteiger partial charge is 0.127 e. The second-order valence-corrected chi connectivity index (χ2v) is 5.13. The highest BCUT2D eigenvalue weighted by atomic mass is 16.3. The molecule has 100 valence electrons. The molecule has 0 aliphatic rings. The fourth-order valence-electron chi connectivity index (χ4n) is 2.30. The Morgan fingerprint density at radius 2 is 1.68 bits per heavy atom. The highest BCUT2D eigenvalue weighted by Crippen LogP contribution is 2.22. The van der Waals surface area contributed by atoms with Gasteiger partial charge >= 0.3 is 0 Å². The fourth-order valence-corrected chi connectivity index (χ4v) is 2.30. The number of rotatable bonds is 2. The van der Waals surface area contributed by atoms with Gasteiger partial charge in [0.1, 0.15) is 5.75 Å². The summed E-state index contributed by atoms with van der Waals surface area (Å²) >= 11 is 0. The Morgan fingerprint density at radius 3 is 2.26 bits per heavy atom. The summed E-state index contributed by atoms with van der Waals surface area (Å²) in [5.41, 5.74) is 6.18. The molecule has 0 amide bonds. The molecule has 0 saturated carbocycles. The molecule has 1 aromatic carbocycles. The van der Waals surface area contributed by atoms with Crippen LogP contribution in [0.2, 0.25) is 0 Å². The van der Waals surface area contributed by atoms with Gasteiger partial charge < -0.3 is 5.11 Å². The van der Waals surface area contributed by atoms with Crippen molar-refractivity contribution >= 4 is 6.21 Å². The van der Waals surface area contributed by atoms with Crippen LogP contribution in [0.25, 0.3) is 0 Å². The van der Waals surface area contributed by atoms with E-state index in [9.17, 15) is 5.11 Å². The van der Waals surface area contributed by atoms with Gasteiger partial charge in [-0.15, -0.1) is 0 Å². The van der Waals surface area contributed by atoms with Crippen LogP contribution in [-0.2, 0) is 0 Å². The lowest BCUT2D eigenvalue weighted by molar-refractivity contribution is 0.470. The molecule has 0 spiro atoms. The molecule has 0 atom stereocenters. The number of aromatic hydroxyl groups is 1. The molecule has 2 aromatic rings. The third-order valence-electron chi connectivity index (χ3n) is 3.43. The highest BCUT2D eigenvalue weighted by molar-refractivity contribution is 5.84. The van der Waals surface area contributed by atoms with E-state index in [0.717, 1.165) is 28.1 Å². The predicted octanol–water partition coefficient (Wildman–Crippen LogP) is 3.62. The average molecular weight is 256 g/mol. The zero-order valence-electron chi connectivity index (χ0n) is 12.2. The SMILES string of the molecule is Cc1cc(C)c(O)c(C=Nn2c(C)cc(C)c2C)c1. The fraction of sp³-hybridized carbons (Fsp3) is 0.312. The molecule has 1 N–H and O–H groups in total. The largest absolute Gasteiger partial charge is 0.507 e. The molecule has 0 radical (unpaired) electrons. The Morgan fingerprint density at radius 1 is 1.00 bits per heavy atom. The Kier molecular flexibility index (Phi) is 3.47. The van der Waals surface area contributed by atoms with Crippen LogP contribution in [0.15, 0.2) is 23.3 Å². The minimum absolute atomic E-state index is 0.300. The van der Waals surface area contributed by atoms with E-state index in [0.29, 0.717) is 5.75 Å². The second kappa shape index (κ2) is 4.92. The molecule has 0 fully saturated rings. The van der Waals surface area contributed by atoms with E-state index in [-0.39, 0.29) is 0 Å². The number of nitrogens with zero attached hydrogens (tertiary/aromatic N) is 2. The standard InChI is InChI=1S/C16H20N2O/c1-10-6-12(3)16(19)15(7-10)9-17-18-13(4)8-11(2)14(18)5/h6-9,19H,1-5H3. The Bertz CT molecular complexity index is 651. The van der Waals surface area contributed by atoms with Crippen LogP contribution < -0.4 is 0 Å². The monoisotopic (exact) mass is 256 g/mol. The number of aryl methyl sites for hydroxylation is 4. The van der Waals surface area contributed by atoms with Crippen molar-refractivity contribution < 1.29 is 5.11 Å². The van der Waals surface area contributed by atoms with E-state index < -0.39 is 0 Å². The lowest BCUT2D eigenvalue weighted by Gasteiger charge is -2.06. The number of phenols is 1. The molecule has 3 nitrogen and oxygen atoms in total. The van der Waals surface area contributed by atoms with Crippen LogP contribution in [0.3, 0.4) is 0 Å². The molecule has 3 heteroatoms. The summed E-state index contributed by atoms with van der Waals surface area (Å²) in [5.74, 6) is 0.300. The van der Waals surface area contributed by atoms with E-state index in [1.54, 1.807) is 6.21 Å². The van der Waals surface area contributed by atoms with Crippen LogP contribution >= 0.6 is 0 Å². The summed E-state index contributed by atoms with van der Waals surface area (Å²) in [5, 5.41) is 14.5. The van der Waals surface area contributed by atoms with Gasteiger partial charge in [-0.05, 0) is 63.4 Å². The first-order valence-corrected chi connectivity index (χ1v) is 6.40. The van der Waals surface area contributed by atoms with Gasteiger partial charge in [-0.1, -0.05) is 6.07 Å². The van der Waals surface area contributed by atoms with Crippen molar-refractivity contribution in [3.05, 3.63) is 51.8 Å². The van der Waals surface area contributed by atoms with Crippen LogP contribution in [-0.4, -0.2) is 16.0 Å². The molecule has 0 bridgehead atoms. The predicted molar refractivity (Wildman–Crippen MR) is 79.2 cm³/mol. The van der Waals surface area contributed by atoms with Crippen molar-refractivity contribution in [3.8, 4) is 5.75 Å². The van der Waals surface area contributed by atoms with Gasteiger partial charge in [0.15, 0.2) is 0 Å². The first-order valence-electron chi connectivity index (χ1n) is 6.40. The maximum absolute atomic E-state index is 10.0. The molecular formula is C16H20N2O. The summed E-state index contributed by atoms with van der Waals surface area (Å²) in [6.45, 7) is 10.1. The van der Waals surface area contributed by atoms with Crippen LogP contribution in [0.1, 0.15) is 33.6 Å². The summed E-state index contributed by atoms with van der Waals surface area (Å²) in [6.07, 6.45) is 1.72. The Hall–Kier alpha value is -2.03. The maximum Gasteiger partial charge on any atom is 0.127 e. The van der Waals surface area contributed by atoms with E-state index in [1.165, 1.54) is 5.56 Å². The minimum atomic E-state index is 0.300. The third-order valence-corrected chi connectivity index (χ3v) is 3.43. The summed E-state index contributed by atoms with van der Waals surface area (Å²) in [7, 11) is 0. The average Bonchev–Trinajstić information content (AvgIpc) is 2.57. The van der Waals surface area contributed by atoms with Crippen molar-refractivity contribution in [2.24, 2.45) is 5.10 Å². The second-order valence-electron chi connectivity index (χ2n) is 5.13. The molecule has 0 aliphatic carbocycles. The van der Waals surface area contributed by atoms with Gasteiger partial charge in [-0.25, -0.2) is 4.68 Å². The van der Waals surface area contributed by atoms with Crippen LogP contribution in [0.5, 0.6) is 5.75 Å². The van der Waals surface area contributed by atoms with E-state index in [4.69, 9.17) is 0 Å². The van der Waals surface area contributed by atoms with Crippen LogP contribution in [0, 0.1) is 34.6 Å². The first-order chi connectivity index (χ1) is 8.90. The topological polar surface area (TPSA) is 37.5 Å². The van der Waals surface area contributed by atoms with Crippen molar-refractivity contribution in [3.63, 3.8) is 0 Å². The third kappa shape index (κ3) is 2.55. The molecule has 0 saturated heterocycles. The van der Waals surface area contributed by atoms with Crippen molar-refractivity contribution in [2.75, 3.05) is 0 Å². The molecule has 0 aliphatic heterocycles. The number of hydrogen-bond donors (Lipinski definition) is 1. The summed E-state index contributed by atoms with van der Waals surface area (Å²) < 4.78 is 1.90. The van der Waals surface area contributed by atoms with Gasteiger partial charge in [0, 0.05) is 17.0 Å². The van der Waals surface area contributed by atoms with Crippen molar-refractivity contribution in [1.29, 1.82) is 0 Å². The molecule has 1 aromatic heterocycles. The molecule has 1 heterocycles. The van der Waals surface area contributed by atoms with Gasteiger partial charge in [-0.3, -0.25) is 0 Å². The van der Waals surface area contributed by atoms with Gasteiger partial charge in [0.2, 0.25) is 0 Å². The zero-order chi connectivity index (χ0) is 14.2. The van der Waals surface area contributed by atoms with E-state index in [2.05, 4.69) is 18.1 Å². The lowest BCUT2D eigenvalue weighted by atomic mass is 10.1. The van der Waals surface area contributed by atoms with Gasteiger partial charge in [0.05, 0.1) is 6.21 Å². The van der Waals surface area contributed by atoms with Gasteiger partial charge in [0.25, 0.3) is 0 Å². The number of phenolic OH excluding ortho intramolecular Hbond substituents is 1. The number of benzene rings is 1. The zero-order valence-corrected chi connectivity index (χ0v) is 12.2. The van der Waals surface area contributed by atoms with E-state index in [1.807, 2.05) is 44.5 Å². The maximum atomic E-state index is 10.0. The molecule has 19 heavy (non-hydrogen) atoms. The van der Waals surface area contributed by atoms with Crippen molar-refractivity contribution in [1.82, 2.24) is 4.68 Å². The van der Waals surface area contributed by atoms with Crippen molar-refractivity contribution in [2.45, 2.75) is 34.6 Å². The highest BCUT2D eigenvalue weighted by Gasteiger charge is 2.06. The Labute approximate surface area is 114 Å². The normalized spacial score (nSPS) is 11.4. The first kappa shape index (κ1) is 13.4.